The number of hydrogen-bond acceptors (Lipinski definition) is 3. The van der Waals surface area contributed by atoms with Crippen molar-refractivity contribution in [1.29, 1.82) is 0 Å². The van der Waals surface area contributed by atoms with Gasteiger partial charge in [0.1, 0.15) is 0 Å². The van der Waals surface area contributed by atoms with Crippen LogP contribution in [0.2, 0.25) is 0 Å². The summed E-state index contributed by atoms with van der Waals surface area (Å²) in [5, 5.41) is 12.8. The number of carboxylic acids is 1. The van der Waals surface area contributed by atoms with Crippen molar-refractivity contribution in [3.05, 3.63) is 65.2 Å². The van der Waals surface area contributed by atoms with E-state index in [9.17, 15) is 13.6 Å². The highest BCUT2D eigenvalue weighted by Crippen LogP contribution is 2.12. The van der Waals surface area contributed by atoms with Gasteiger partial charge >= 0.3 is 5.97 Å². The number of carboxylic acid groups (broad SMARTS) is 1. The molecule has 21 heavy (non-hydrogen) atoms. The molecule has 0 unspecified atom stereocenters. The zero-order chi connectivity index (χ0) is 15.4. The van der Waals surface area contributed by atoms with Crippen molar-refractivity contribution < 1.29 is 18.7 Å². The van der Waals surface area contributed by atoms with Crippen LogP contribution >= 0.6 is 0 Å². The monoisotopic (exact) mass is 290 g/mol. The third kappa shape index (κ3) is 3.62. The van der Waals surface area contributed by atoms with Gasteiger partial charge in [0.15, 0.2) is 11.6 Å². The Hall–Kier alpha value is -2.76. The summed E-state index contributed by atoms with van der Waals surface area (Å²) in [5.41, 5.74) is 4.39. The fourth-order valence-corrected chi connectivity index (χ4v) is 1.62. The highest BCUT2D eigenvalue weighted by molar-refractivity contribution is 5.99. The maximum absolute atomic E-state index is 13.1. The van der Waals surface area contributed by atoms with E-state index in [0.717, 1.165) is 12.1 Å². The molecule has 108 valence electrons. The van der Waals surface area contributed by atoms with Crippen molar-refractivity contribution >= 4 is 17.4 Å². The largest absolute Gasteiger partial charge is 0.478 e. The lowest BCUT2D eigenvalue weighted by Crippen LogP contribution is -2.01. The van der Waals surface area contributed by atoms with Gasteiger partial charge in [-0.25, -0.2) is 13.6 Å². The van der Waals surface area contributed by atoms with Crippen LogP contribution in [0.15, 0.2) is 47.6 Å². The molecule has 0 aliphatic rings. The van der Waals surface area contributed by atoms with E-state index in [1.807, 2.05) is 0 Å². The third-order valence-electron chi connectivity index (χ3n) is 2.82. The summed E-state index contributed by atoms with van der Waals surface area (Å²) in [5.74, 6) is -2.86. The predicted octanol–water partition coefficient (Wildman–Crippen LogP) is 3.50. The highest BCUT2D eigenvalue weighted by Gasteiger charge is 2.05. The molecule has 0 spiro atoms. The molecule has 0 heterocycles. The summed E-state index contributed by atoms with van der Waals surface area (Å²) in [6.07, 6.45) is 0. The Kier molecular flexibility index (Phi) is 4.27. The summed E-state index contributed by atoms with van der Waals surface area (Å²) in [7, 11) is 0. The Labute approximate surface area is 119 Å². The second-order valence-corrected chi connectivity index (χ2v) is 4.32. The van der Waals surface area contributed by atoms with Crippen molar-refractivity contribution in [3.63, 3.8) is 0 Å². The normalized spacial score (nSPS) is 11.3. The molecule has 2 aromatic rings. The molecule has 0 aromatic heterocycles. The number of nitrogens with zero attached hydrogens (tertiary/aromatic N) is 1. The molecule has 6 heteroatoms. The number of hydrogen-bond donors (Lipinski definition) is 2. The van der Waals surface area contributed by atoms with E-state index in [2.05, 4.69) is 10.5 Å². The van der Waals surface area contributed by atoms with E-state index < -0.39 is 17.6 Å². The number of halogens is 2. The van der Waals surface area contributed by atoms with Crippen LogP contribution in [0.1, 0.15) is 22.8 Å². The second-order valence-electron chi connectivity index (χ2n) is 4.32. The first-order chi connectivity index (χ1) is 9.97. The maximum Gasteiger partial charge on any atom is 0.335 e. The maximum atomic E-state index is 13.1. The average Bonchev–Trinajstić information content (AvgIpc) is 2.48. The predicted molar refractivity (Wildman–Crippen MR) is 75.6 cm³/mol. The number of aromatic carboxylic acids is 1. The number of benzene rings is 2. The van der Waals surface area contributed by atoms with Crippen molar-refractivity contribution in [2.75, 3.05) is 5.43 Å². The molecule has 0 radical (unpaired) electrons. The smallest absolute Gasteiger partial charge is 0.335 e. The number of hydrazone groups is 1. The van der Waals surface area contributed by atoms with Gasteiger partial charge in [0.25, 0.3) is 0 Å². The standard InChI is InChI=1S/C15H12F2N2O2/c1-9(11-4-7-13(16)14(17)8-11)18-19-12-5-2-10(3-6-12)15(20)21/h2-8,19H,1H3,(H,20,21)/b18-9-. The first-order valence-electron chi connectivity index (χ1n) is 6.06. The quantitative estimate of drug-likeness (QED) is 0.669. The Bertz CT molecular complexity index is 697. The zero-order valence-corrected chi connectivity index (χ0v) is 11.1. The number of anilines is 1. The SMILES string of the molecule is C/C(=N/Nc1ccc(C(=O)O)cc1)c1ccc(F)c(F)c1. The van der Waals surface area contributed by atoms with Crippen molar-refractivity contribution in [2.45, 2.75) is 6.92 Å². The van der Waals surface area contributed by atoms with Gasteiger partial charge in [0, 0.05) is 5.56 Å². The van der Waals surface area contributed by atoms with E-state index in [1.165, 1.54) is 18.2 Å². The molecule has 0 bridgehead atoms. The van der Waals surface area contributed by atoms with Gasteiger partial charge in [0.05, 0.1) is 17.0 Å². The van der Waals surface area contributed by atoms with Gasteiger partial charge in [-0.05, 0) is 49.4 Å². The zero-order valence-electron chi connectivity index (χ0n) is 11.1. The van der Waals surface area contributed by atoms with Crippen LogP contribution in [-0.2, 0) is 0 Å². The molecule has 0 fully saturated rings. The molecule has 0 atom stereocenters. The Morgan fingerprint density at radius 1 is 1.05 bits per heavy atom. The number of rotatable bonds is 4. The summed E-state index contributed by atoms with van der Waals surface area (Å²) in [6, 6.07) is 9.51. The van der Waals surface area contributed by atoms with E-state index in [1.54, 1.807) is 19.1 Å². The lowest BCUT2D eigenvalue weighted by molar-refractivity contribution is 0.0697. The molecule has 2 rings (SSSR count). The van der Waals surface area contributed by atoms with Crippen molar-refractivity contribution in [2.24, 2.45) is 5.10 Å². The fraction of sp³-hybridized carbons (Fsp3) is 0.0667. The molecule has 0 amide bonds. The van der Waals surface area contributed by atoms with Gasteiger partial charge in [-0.2, -0.15) is 5.10 Å². The Balaban J connectivity index is 2.12. The Morgan fingerprint density at radius 3 is 2.24 bits per heavy atom. The van der Waals surface area contributed by atoms with Gasteiger partial charge in [-0.3, -0.25) is 5.43 Å². The minimum absolute atomic E-state index is 0.168. The molecule has 0 saturated heterocycles. The summed E-state index contributed by atoms with van der Waals surface area (Å²) in [4.78, 5) is 10.7. The fourth-order valence-electron chi connectivity index (χ4n) is 1.62. The molecule has 4 nitrogen and oxygen atoms in total. The van der Waals surface area contributed by atoms with Crippen LogP contribution in [0.25, 0.3) is 0 Å². The minimum atomic E-state index is -1.01. The van der Waals surface area contributed by atoms with Crippen LogP contribution in [0.3, 0.4) is 0 Å². The molecule has 2 N–H and O–H groups in total. The van der Waals surface area contributed by atoms with Crippen LogP contribution in [-0.4, -0.2) is 16.8 Å². The van der Waals surface area contributed by atoms with Crippen molar-refractivity contribution in [1.82, 2.24) is 0 Å². The second kappa shape index (κ2) is 6.13. The van der Waals surface area contributed by atoms with Crippen molar-refractivity contribution in [3.8, 4) is 0 Å². The lowest BCUT2D eigenvalue weighted by Gasteiger charge is -2.04. The van der Waals surface area contributed by atoms with E-state index >= 15 is 0 Å². The van der Waals surface area contributed by atoms with Gasteiger partial charge in [-0.1, -0.05) is 0 Å². The average molecular weight is 290 g/mol. The molecule has 0 saturated carbocycles. The first-order valence-corrected chi connectivity index (χ1v) is 6.06. The van der Waals surface area contributed by atoms with Gasteiger partial charge in [0.2, 0.25) is 0 Å². The van der Waals surface area contributed by atoms with Gasteiger partial charge in [-0.15, -0.1) is 0 Å². The minimum Gasteiger partial charge on any atom is -0.478 e. The Morgan fingerprint density at radius 2 is 1.67 bits per heavy atom. The summed E-state index contributed by atoms with van der Waals surface area (Å²) in [6.45, 7) is 1.64. The van der Waals surface area contributed by atoms with Crippen LogP contribution in [0.5, 0.6) is 0 Å². The highest BCUT2D eigenvalue weighted by atomic mass is 19.2. The summed E-state index contributed by atoms with van der Waals surface area (Å²) >= 11 is 0. The van der Waals surface area contributed by atoms with E-state index in [0.29, 0.717) is 17.0 Å². The van der Waals surface area contributed by atoms with E-state index in [-0.39, 0.29) is 5.56 Å². The van der Waals surface area contributed by atoms with Gasteiger partial charge < -0.3 is 5.11 Å². The molecular weight excluding hydrogens is 278 g/mol. The van der Waals surface area contributed by atoms with E-state index in [4.69, 9.17) is 5.11 Å². The third-order valence-corrected chi connectivity index (χ3v) is 2.82. The lowest BCUT2D eigenvalue weighted by atomic mass is 10.1. The van der Waals surface area contributed by atoms with Crippen LogP contribution in [0.4, 0.5) is 14.5 Å². The topological polar surface area (TPSA) is 61.7 Å². The molecule has 2 aromatic carbocycles. The summed E-state index contributed by atoms with van der Waals surface area (Å²) < 4.78 is 26.0. The van der Waals surface area contributed by atoms with Crippen LogP contribution < -0.4 is 5.43 Å². The number of nitrogens with one attached hydrogen (secondary N) is 1. The first kappa shape index (κ1) is 14.6. The molecule has 0 aliphatic carbocycles. The van der Waals surface area contributed by atoms with Crippen LogP contribution in [0, 0.1) is 11.6 Å². The molecule has 0 aliphatic heterocycles. The number of carbonyl (C=O) groups is 1. The molecular formula is C15H12F2N2O2.